The number of β-amino-alcohol motifs (C(OH)–C–C–N with tert-alkyl or cyclic N) is 1. The van der Waals surface area contributed by atoms with Crippen LogP contribution in [-0.4, -0.2) is 28.8 Å². The van der Waals surface area contributed by atoms with E-state index in [9.17, 15) is 5.11 Å². The topological polar surface area (TPSA) is 54.4 Å². The first-order valence-corrected chi connectivity index (χ1v) is 5.93. The molecule has 0 amide bonds. The second-order valence-electron chi connectivity index (χ2n) is 5.03. The minimum Gasteiger partial charge on any atom is -0.492 e. The molecule has 0 radical (unpaired) electrons. The third kappa shape index (κ3) is 5.15. The molecule has 1 heterocycles. The second-order valence-corrected chi connectivity index (χ2v) is 5.03. The van der Waals surface area contributed by atoms with E-state index in [1.54, 1.807) is 12.4 Å². The number of aliphatic hydroxyl groups excluding tert-OH is 1. The maximum Gasteiger partial charge on any atom is 0.137 e. The van der Waals surface area contributed by atoms with Gasteiger partial charge in [0.2, 0.25) is 0 Å². The van der Waals surface area contributed by atoms with E-state index in [0.29, 0.717) is 18.9 Å². The first-order valence-electron chi connectivity index (χ1n) is 5.93. The molecule has 1 atom stereocenters. The van der Waals surface area contributed by atoms with Gasteiger partial charge in [-0.2, -0.15) is 0 Å². The Morgan fingerprint density at radius 2 is 2.12 bits per heavy atom. The van der Waals surface area contributed by atoms with E-state index in [-0.39, 0.29) is 5.54 Å². The molecule has 0 aliphatic carbocycles. The van der Waals surface area contributed by atoms with Crippen LogP contribution in [0.1, 0.15) is 39.4 Å². The number of nitrogens with zero attached hydrogens (tertiary/aromatic N) is 1. The van der Waals surface area contributed by atoms with Crippen molar-refractivity contribution in [1.29, 1.82) is 0 Å². The molecule has 4 nitrogen and oxygen atoms in total. The molecule has 1 rings (SSSR count). The van der Waals surface area contributed by atoms with Gasteiger partial charge in [-0.05, 0) is 33.8 Å². The third-order valence-electron chi connectivity index (χ3n) is 2.26. The molecule has 96 valence electrons. The Bertz CT molecular complexity index is 348. The van der Waals surface area contributed by atoms with Crippen molar-refractivity contribution < 1.29 is 9.84 Å². The lowest BCUT2D eigenvalue weighted by atomic mass is 10.1. The number of aromatic nitrogens is 1. The molecule has 0 aliphatic heterocycles. The van der Waals surface area contributed by atoms with Crippen LogP contribution in [-0.2, 0) is 0 Å². The molecule has 0 fully saturated rings. The van der Waals surface area contributed by atoms with Crippen LogP contribution in [0.5, 0.6) is 5.75 Å². The van der Waals surface area contributed by atoms with Crippen molar-refractivity contribution in [2.45, 2.75) is 39.3 Å². The van der Waals surface area contributed by atoms with Crippen LogP contribution in [0.4, 0.5) is 0 Å². The zero-order chi connectivity index (χ0) is 12.9. The largest absolute Gasteiger partial charge is 0.492 e. The number of rotatable bonds is 5. The summed E-state index contributed by atoms with van der Waals surface area (Å²) in [5.74, 6) is 0.694. The van der Waals surface area contributed by atoms with Gasteiger partial charge in [0.1, 0.15) is 5.75 Å². The number of ether oxygens (including phenoxy) is 1. The first kappa shape index (κ1) is 13.9. The summed E-state index contributed by atoms with van der Waals surface area (Å²) in [5.41, 5.74) is 0.763. The van der Waals surface area contributed by atoms with Crippen molar-refractivity contribution in [1.82, 2.24) is 10.3 Å². The quantitative estimate of drug-likeness (QED) is 0.822. The Kier molecular flexibility index (Phi) is 4.90. The number of hydrogen-bond donors (Lipinski definition) is 2. The van der Waals surface area contributed by atoms with E-state index in [1.807, 2.05) is 13.0 Å². The van der Waals surface area contributed by atoms with Gasteiger partial charge in [-0.25, -0.2) is 0 Å². The normalized spacial score (nSPS) is 13.5. The number of pyridine rings is 1. The van der Waals surface area contributed by atoms with Gasteiger partial charge in [0, 0.05) is 23.8 Å². The smallest absolute Gasteiger partial charge is 0.137 e. The summed E-state index contributed by atoms with van der Waals surface area (Å²) in [7, 11) is 0. The van der Waals surface area contributed by atoms with Crippen molar-refractivity contribution in [3.63, 3.8) is 0 Å². The molecule has 1 aromatic rings. The van der Waals surface area contributed by atoms with Gasteiger partial charge < -0.3 is 15.2 Å². The summed E-state index contributed by atoms with van der Waals surface area (Å²) in [6.07, 6.45) is 2.75. The highest BCUT2D eigenvalue weighted by atomic mass is 16.5. The van der Waals surface area contributed by atoms with Crippen molar-refractivity contribution in [2.75, 3.05) is 13.2 Å². The van der Waals surface area contributed by atoms with E-state index in [1.165, 1.54) is 0 Å². The lowest BCUT2D eigenvalue weighted by molar-refractivity contribution is 0.162. The summed E-state index contributed by atoms with van der Waals surface area (Å²) >= 11 is 0. The molecule has 0 spiro atoms. The van der Waals surface area contributed by atoms with Crippen LogP contribution in [0.25, 0.3) is 0 Å². The maximum atomic E-state index is 10.0. The number of nitrogens with one attached hydrogen (secondary N) is 1. The lowest BCUT2D eigenvalue weighted by Gasteiger charge is -2.23. The molecular formula is C13H22N2O2. The van der Waals surface area contributed by atoms with Crippen LogP contribution in [0.2, 0.25) is 0 Å². The fourth-order valence-corrected chi connectivity index (χ4v) is 1.38. The van der Waals surface area contributed by atoms with Crippen molar-refractivity contribution in [3.8, 4) is 5.75 Å². The minimum atomic E-state index is -0.567. The molecule has 1 unspecified atom stereocenters. The van der Waals surface area contributed by atoms with E-state index in [2.05, 4.69) is 31.1 Å². The Hall–Kier alpha value is -1.13. The van der Waals surface area contributed by atoms with Gasteiger partial charge >= 0.3 is 0 Å². The Balaban J connectivity index is 2.62. The van der Waals surface area contributed by atoms with Crippen LogP contribution >= 0.6 is 0 Å². The third-order valence-corrected chi connectivity index (χ3v) is 2.26. The van der Waals surface area contributed by atoms with Gasteiger partial charge in [-0.1, -0.05) is 0 Å². The molecule has 0 bridgehead atoms. The second kappa shape index (κ2) is 5.98. The van der Waals surface area contributed by atoms with Crippen molar-refractivity contribution >= 4 is 0 Å². The van der Waals surface area contributed by atoms with E-state index in [0.717, 1.165) is 5.56 Å². The van der Waals surface area contributed by atoms with Crippen LogP contribution < -0.4 is 10.1 Å². The molecule has 17 heavy (non-hydrogen) atoms. The molecule has 2 N–H and O–H groups in total. The summed E-state index contributed by atoms with van der Waals surface area (Å²) < 4.78 is 5.35. The molecule has 4 heteroatoms. The summed E-state index contributed by atoms with van der Waals surface area (Å²) in [4.78, 5) is 4.06. The average Bonchev–Trinajstić information content (AvgIpc) is 2.26. The Morgan fingerprint density at radius 3 is 2.71 bits per heavy atom. The fourth-order valence-electron chi connectivity index (χ4n) is 1.38. The van der Waals surface area contributed by atoms with E-state index >= 15 is 0 Å². The average molecular weight is 238 g/mol. The van der Waals surface area contributed by atoms with Gasteiger partial charge in [-0.15, -0.1) is 0 Å². The molecule has 0 aliphatic rings. The van der Waals surface area contributed by atoms with Gasteiger partial charge in [0.05, 0.1) is 18.9 Å². The standard InChI is InChI=1S/C13H22N2O2/c1-5-17-11-6-10(7-14-8-11)12(16)9-15-13(2,3)4/h6-8,12,15-16H,5,9H2,1-4H3. The molecule has 0 saturated carbocycles. The van der Waals surface area contributed by atoms with Crippen LogP contribution in [0.15, 0.2) is 18.5 Å². The van der Waals surface area contributed by atoms with Crippen molar-refractivity contribution in [3.05, 3.63) is 24.0 Å². The highest BCUT2D eigenvalue weighted by molar-refractivity contribution is 5.25. The SMILES string of the molecule is CCOc1cncc(C(O)CNC(C)(C)C)c1. The number of aliphatic hydroxyl groups is 1. The lowest BCUT2D eigenvalue weighted by Crippen LogP contribution is -2.38. The molecule has 0 aromatic carbocycles. The van der Waals surface area contributed by atoms with Crippen LogP contribution in [0, 0.1) is 0 Å². The highest BCUT2D eigenvalue weighted by Gasteiger charge is 2.14. The maximum absolute atomic E-state index is 10.0. The van der Waals surface area contributed by atoms with Crippen molar-refractivity contribution in [2.24, 2.45) is 0 Å². The molecule has 0 saturated heterocycles. The highest BCUT2D eigenvalue weighted by Crippen LogP contribution is 2.17. The van der Waals surface area contributed by atoms with E-state index < -0.39 is 6.10 Å². The molecular weight excluding hydrogens is 216 g/mol. The monoisotopic (exact) mass is 238 g/mol. The Labute approximate surface area is 103 Å². The predicted molar refractivity (Wildman–Crippen MR) is 68.1 cm³/mol. The Morgan fingerprint density at radius 1 is 1.41 bits per heavy atom. The van der Waals surface area contributed by atoms with Crippen LogP contribution in [0.3, 0.4) is 0 Å². The summed E-state index contributed by atoms with van der Waals surface area (Å²) in [6, 6.07) is 1.82. The summed E-state index contributed by atoms with van der Waals surface area (Å²) in [6.45, 7) is 9.21. The first-order chi connectivity index (χ1) is 7.92. The zero-order valence-electron chi connectivity index (χ0n) is 11.0. The summed E-state index contributed by atoms with van der Waals surface area (Å²) in [5, 5.41) is 13.3. The van der Waals surface area contributed by atoms with E-state index in [4.69, 9.17) is 4.74 Å². The number of hydrogen-bond acceptors (Lipinski definition) is 4. The molecule has 1 aromatic heterocycles. The minimum absolute atomic E-state index is 0.00800. The van der Waals surface area contributed by atoms with Gasteiger partial charge in [0.25, 0.3) is 0 Å². The zero-order valence-corrected chi connectivity index (χ0v) is 11.0. The van der Waals surface area contributed by atoms with Gasteiger partial charge in [0.15, 0.2) is 0 Å². The fraction of sp³-hybridized carbons (Fsp3) is 0.615. The predicted octanol–water partition coefficient (Wildman–Crippen LogP) is 1.90. The van der Waals surface area contributed by atoms with Gasteiger partial charge in [-0.3, -0.25) is 4.98 Å².